The van der Waals surface area contributed by atoms with Crippen LogP contribution in [0.2, 0.25) is 0 Å². The lowest BCUT2D eigenvalue weighted by molar-refractivity contribution is 0.103. The number of nitrogens with two attached hydrogens (primary N) is 1. The van der Waals surface area contributed by atoms with E-state index in [1.165, 1.54) is 5.56 Å². The summed E-state index contributed by atoms with van der Waals surface area (Å²) in [4.78, 5) is 23.9. The van der Waals surface area contributed by atoms with E-state index in [1.807, 2.05) is 35.4 Å². The van der Waals surface area contributed by atoms with E-state index in [1.54, 1.807) is 12.3 Å². The molecule has 2 saturated heterocycles. The van der Waals surface area contributed by atoms with E-state index >= 15 is 0 Å². The molecule has 2 aliphatic heterocycles. The first kappa shape index (κ1) is 20.3. The molecular weight excluding hydrogens is 376 g/mol. The Kier molecular flexibility index (Phi) is 5.99. The quantitative estimate of drug-likeness (QED) is 0.590. The number of aromatic nitrogens is 1. The molecule has 4 rings (SSSR count). The van der Waals surface area contributed by atoms with Gasteiger partial charge in [0, 0.05) is 62.4 Å². The van der Waals surface area contributed by atoms with E-state index in [0.29, 0.717) is 18.0 Å². The van der Waals surface area contributed by atoms with E-state index in [9.17, 15) is 4.79 Å². The molecule has 2 amide bonds. The zero-order chi connectivity index (χ0) is 21.1. The summed E-state index contributed by atoms with van der Waals surface area (Å²) in [5.41, 5.74) is 8.34. The van der Waals surface area contributed by atoms with Crippen LogP contribution in [0.15, 0.2) is 48.8 Å². The number of anilines is 1. The first-order valence-electron chi connectivity index (χ1n) is 10.6. The molecule has 3 heterocycles. The zero-order valence-electron chi connectivity index (χ0n) is 17.5. The van der Waals surface area contributed by atoms with Gasteiger partial charge in [0.05, 0.1) is 0 Å². The van der Waals surface area contributed by atoms with Gasteiger partial charge in [0.25, 0.3) is 0 Å². The monoisotopic (exact) mass is 406 g/mol. The first-order valence-corrected chi connectivity index (χ1v) is 10.6. The Bertz CT molecular complexity index is 894. The largest absolute Gasteiger partial charge is 0.384 e. The van der Waals surface area contributed by atoms with Gasteiger partial charge in [-0.1, -0.05) is 25.1 Å². The molecule has 0 spiro atoms. The Labute approximate surface area is 178 Å². The molecule has 1 atom stereocenters. The molecule has 1 aromatic carbocycles. The number of carbonyl (C=O) groups is 1. The van der Waals surface area contributed by atoms with E-state index < -0.39 is 0 Å². The number of amidine groups is 1. The number of hydrogen-bond acceptors (Lipinski definition) is 4. The van der Waals surface area contributed by atoms with Crippen molar-refractivity contribution in [2.75, 3.05) is 31.1 Å². The average Bonchev–Trinajstić information content (AvgIpc) is 2.76. The van der Waals surface area contributed by atoms with Gasteiger partial charge in [-0.25, -0.2) is 4.79 Å². The maximum absolute atomic E-state index is 13.4. The van der Waals surface area contributed by atoms with Gasteiger partial charge in [0.1, 0.15) is 5.84 Å². The van der Waals surface area contributed by atoms with Crippen molar-refractivity contribution in [1.82, 2.24) is 14.8 Å². The molecule has 0 radical (unpaired) electrons. The summed E-state index contributed by atoms with van der Waals surface area (Å²) < 4.78 is 0. The van der Waals surface area contributed by atoms with E-state index in [0.717, 1.165) is 44.7 Å². The molecule has 0 aliphatic carbocycles. The number of hydrogen-bond donors (Lipinski definition) is 2. The normalized spacial score (nSPS) is 21.1. The predicted octanol–water partition coefficient (Wildman–Crippen LogP) is 2.91. The fourth-order valence-corrected chi connectivity index (χ4v) is 4.52. The topological polar surface area (TPSA) is 89.5 Å². The molecule has 0 bridgehead atoms. The number of piperidine rings is 1. The summed E-state index contributed by atoms with van der Waals surface area (Å²) >= 11 is 0. The maximum Gasteiger partial charge on any atom is 0.324 e. The lowest BCUT2D eigenvalue weighted by Crippen LogP contribution is -2.58. The number of urea groups is 1. The summed E-state index contributed by atoms with van der Waals surface area (Å²) in [6.07, 6.45) is 5.70. The van der Waals surface area contributed by atoms with Gasteiger partial charge in [-0.3, -0.25) is 20.2 Å². The first-order chi connectivity index (χ1) is 14.5. The van der Waals surface area contributed by atoms with Crippen LogP contribution in [-0.4, -0.2) is 58.9 Å². The Morgan fingerprint density at radius 3 is 2.70 bits per heavy atom. The molecule has 0 saturated carbocycles. The molecule has 7 nitrogen and oxygen atoms in total. The van der Waals surface area contributed by atoms with Gasteiger partial charge in [-0.05, 0) is 42.5 Å². The Morgan fingerprint density at radius 1 is 1.20 bits per heavy atom. The summed E-state index contributed by atoms with van der Waals surface area (Å²) in [7, 11) is 0. The van der Waals surface area contributed by atoms with Crippen LogP contribution in [0.5, 0.6) is 0 Å². The molecule has 3 N–H and O–H groups in total. The van der Waals surface area contributed by atoms with Crippen LogP contribution in [0.25, 0.3) is 0 Å². The van der Waals surface area contributed by atoms with Gasteiger partial charge < -0.3 is 10.6 Å². The van der Waals surface area contributed by atoms with Crippen LogP contribution in [0.1, 0.15) is 30.9 Å². The van der Waals surface area contributed by atoms with Crippen LogP contribution >= 0.6 is 0 Å². The minimum atomic E-state index is 0.0206. The number of rotatable bonds is 5. The fourth-order valence-electron chi connectivity index (χ4n) is 4.52. The standard InChI is InChI=1S/C23H30N6O/c1-17-14-28(20-7-10-27(11-8-20)16-18-4-3-9-26-13-18)23(30)29(15-17)21-6-2-5-19(12-21)22(24)25/h2-6,9,12-13,17,20H,7-8,10-11,14-16H2,1H3,(H3,24,25). The van der Waals surface area contributed by atoms with Gasteiger partial charge in [-0.2, -0.15) is 0 Å². The zero-order valence-corrected chi connectivity index (χ0v) is 17.5. The molecule has 158 valence electrons. The maximum atomic E-state index is 13.4. The van der Waals surface area contributed by atoms with Crippen molar-refractivity contribution in [3.8, 4) is 0 Å². The molecule has 1 aromatic heterocycles. The highest BCUT2D eigenvalue weighted by atomic mass is 16.2. The van der Waals surface area contributed by atoms with Gasteiger partial charge >= 0.3 is 6.03 Å². The molecule has 2 fully saturated rings. The predicted molar refractivity (Wildman–Crippen MR) is 119 cm³/mol. The third-order valence-corrected chi connectivity index (χ3v) is 6.07. The van der Waals surface area contributed by atoms with Gasteiger partial charge in [0.15, 0.2) is 0 Å². The average molecular weight is 407 g/mol. The number of nitrogens with one attached hydrogen (secondary N) is 1. The minimum Gasteiger partial charge on any atom is -0.384 e. The minimum absolute atomic E-state index is 0.0206. The second kappa shape index (κ2) is 8.83. The van der Waals surface area contributed by atoms with Crippen molar-refractivity contribution in [2.45, 2.75) is 32.4 Å². The highest BCUT2D eigenvalue weighted by Gasteiger charge is 2.36. The third-order valence-electron chi connectivity index (χ3n) is 6.07. The van der Waals surface area contributed by atoms with Crippen LogP contribution in [0.3, 0.4) is 0 Å². The lowest BCUT2D eigenvalue weighted by atomic mass is 9.99. The number of likely N-dealkylation sites (tertiary alicyclic amines) is 1. The van der Waals surface area contributed by atoms with E-state index in [-0.39, 0.29) is 17.9 Å². The van der Waals surface area contributed by atoms with Crippen LogP contribution in [-0.2, 0) is 6.54 Å². The molecule has 2 aromatic rings. The summed E-state index contributed by atoms with van der Waals surface area (Å²) in [6, 6.07) is 11.9. The number of nitrogen functional groups attached to an aromatic ring is 1. The van der Waals surface area contributed by atoms with Crippen molar-refractivity contribution in [3.05, 3.63) is 59.9 Å². The molecular formula is C23H30N6O. The fraction of sp³-hybridized carbons (Fsp3) is 0.435. The van der Waals surface area contributed by atoms with Crippen LogP contribution in [0, 0.1) is 11.3 Å². The van der Waals surface area contributed by atoms with Gasteiger partial charge in [0.2, 0.25) is 0 Å². The van der Waals surface area contributed by atoms with Crippen LogP contribution in [0.4, 0.5) is 10.5 Å². The number of pyridine rings is 1. The van der Waals surface area contributed by atoms with Gasteiger partial charge in [-0.15, -0.1) is 0 Å². The van der Waals surface area contributed by atoms with Crippen LogP contribution < -0.4 is 10.6 Å². The molecule has 2 aliphatic rings. The summed E-state index contributed by atoms with van der Waals surface area (Å²) in [6.45, 7) is 6.56. The van der Waals surface area contributed by atoms with Crippen molar-refractivity contribution in [3.63, 3.8) is 0 Å². The highest BCUT2D eigenvalue weighted by molar-refractivity contribution is 5.98. The van der Waals surface area contributed by atoms with Crippen molar-refractivity contribution in [2.24, 2.45) is 11.7 Å². The lowest BCUT2D eigenvalue weighted by Gasteiger charge is -2.45. The van der Waals surface area contributed by atoms with E-state index in [4.69, 9.17) is 11.1 Å². The molecule has 30 heavy (non-hydrogen) atoms. The molecule has 1 unspecified atom stereocenters. The highest BCUT2D eigenvalue weighted by Crippen LogP contribution is 2.28. The van der Waals surface area contributed by atoms with E-state index in [2.05, 4.69) is 27.8 Å². The van der Waals surface area contributed by atoms with Crippen molar-refractivity contribution >= 4 is 17.6 Å². The van der Waals surface area contributed by atoms with Crippen molar-refractivity contribution < 1.29 is 4.79 Å². The Hall–Kier alpha value is -2.93. The molecule has 7 heteroatoms. The SMILES string of the molecule is CC1CN(c2cccc(C(=N)N)c2)C(=O)N(C2CCN(Cc3cccnc3)CC2)C1. The third kappa shape index (κ3) is 4.46. The number of benzene rings is 1. The summed E-state index contributed by atoms with van der Waals surface area (Å²) in [5, 5.41) is 7.69. The number of nitrogens with zero attached hydrogens (tertiary/aromatic N) is 4. The second-order valence-corrected chi connectivity index (χ2v) is 8.48. The Morgan fingerprint density at radius 2 is 2.00 bits per heavy atom. The number of amides is 2. The second-order valence-electron chi connectivity index (χ2n) is 8.48. The Balaban J connectivity index is 1.42. The smallest absolute Gasteiger partial charge is 0.324 e. The summed E-state index contributed by atoms with van der Waals surface area (Å²) in [5.74, 6) is 0.407. The number of carbonyl (C=O) groups excluding carboxylic acids is 1. The van der Waals surface area contributed by atoms with Crippen molar-refractivity contribution in [1.29, 1.82) is 5.41 Å².